The zero-order valence-electron chi connectivity index (χ0n) is 6.94. The highest BCUT2D eigenvalue weighted by Gasteiger charge is 2.14. The van der Waals surface area contributed by atoms with Gasteiger partial charge in [0.25, 0.3) is 5.91 Å². The van der Waals surface area contributed by atoms with Gasteiger partial charge < -0.3 is 11.5 Å². The lowest BCUT2D eigenvalue weighted by molar-refractivity contribution is 0.0993. The summed E-state index contributed by atoms with van der Waals surface area (Å²) in [5, 5.41) is 2.41. The Kier molecular flexibility index (Phi) is 2.01. The predicted molar refractivity (Wildman–Crippen MR) is 56.7 cm³/mol. The summed E-state index contributed by atoms with van der Waals surface area (Å²) < 4.78 is 0.896. The number of amides is 2. The lowest BCUT2D eigenvalue weighted by Crippen LogP contribution is -2.10. The highest BCUT2D eigenvalue weighted by molar-refractivity contribution is 7.38. The Morgan fingerprint density at radius 2 is 1.93 bits per heavy atom. The number of hydrogen-bond donors (Lipinski definition) is 2. The normalized spacial score (nSPS) is 10.6. The highest BCUT2D eigenvalue weighted by atomic mass is 32.2. The van der Waals surface area contributed by atoms with Crippen molar-refractivity contribution in [3.63, 3.8) is 0 Å². The van der Waals surface area contributed by atoms with Crippen LogP contribution in [0.5, 0.6) is 0 Å². The van der Waals surface area contributed by atoms with Crippen LogP contribution in [0.4, 0.5) is 0 Å². The molecule has 0 aliphatic carbocycles. The molecule has 0 aliphatic rings. The number of carbonyl (C=O) groups excluding carboxylic acids is 2. The SMILES string of the molecule is NC(=O)c1cc2c(C(N)=O)csc2s1. The third-order valence-corrected chi connectivity index (χ3v) is 4.05. The van der Waals surface area contributed by atoms with E-state index in [1.54, 1.807) is 11.4 Å². The summed E-state index contributed by atoms with van der Waals surface area (Å²) in [6, 6.07) is 1.61. The van der Waals surface area contributed by atoms with Crippen LogP contribution in [0.1, 0.15) is 20.0 Å². The van der Waals surface area contributed by atoms with Crippen LogP contribution >= 0.6 is 22.7 Å². The number of hydrogen-bond acceptors (Lipinski definition) is 4. The molecule has 2 aromatic heterocycles. The average molecular weight is 226 g/mol. The molecule has 0 unspecified atom stereocenters. The molecule has 6 heteroatoms. The Hall–Kier alpha value is -1.40. The molecule has 0 saturated heterocycles. The minimum atomic E-state index is -0.481. The number of fused-ring (bicyclic) bond motifs is 1. The van der Waals surface area contributed by atoms with Gasteiger partial charge in [0.2, 0.25) is 5.91 Å². The second-order valence-electron chi connectivity index (χ2n) is 2.69. The number of thiophene rings is 2. The van der Waals surface area contributed by atoms with E-state index >= 15 is 0 Å². The maximum atomic E-state index is 11.0. The van der Waals surface area contributed by atoms with Crippen molar-refractivity contribution in [2.45, 2.75) is 0 Å². The third kappa shape index (κ3) is 1.28. The molecule has 0 radical (unpaired) electrons. The molecule has 0 saturated carbocycles. The van der Waals surface area contributed by atoms with Gasteiger partial charge in [-0.15, -0.1) is 22.7 Å². The van der Waals surface area contributed by atoms with E-state index < -0.39 is 11.8 Å². The molecule has 0 aliphatic heterocycles. The first-order chi connectivity index (χ1) is 6.59. The molecule has 2 aromatic rings. The molecule has 2 rings (SSSR count). The Morgan fingerprint density at radius 1 is 1.21 bits per heavy atom. The van der Waals surface area contributed by atoms with E-state index in [0.29, 0.717) is 10.4 Å². The average Bonchev–Trinajstić information content (AvgIpc) is 2.58. The highest BCUT2D eigenvalue weighted by Crippen LogP contribution is 2.33. The molecule has 2 amide bonds. The van der Waals surface area contributed by atoms with Crippen LogP contribution < -0.4 is 11.5 Å². The van der Waals surface area contributed by atoms with E-state index in [1.165, 1.54) is 22.7 Å². The zero-order valence-corrected chi connectivity index (χ0v) is 8.58. The monoisotopic (exact) mass is 226 g/mol. The fourth-order valence-corrected chi connectivity index (χ4v) is 3.26. The van der Waals surface area contributed by atoms with E-state index in [2.05, 4.69) is 0 Å². The fraction of sp³-hybridized carbons (Fsp3) is 0. The van der Waals surface area contributed by atoms with Crippen molar-refractivity contribution in [1.29, 1.82) is 0 Å². The van der Waals surface area contributed by atoms with Crippen LogP contribution in [0.2, 0.25) is 0 Å². The standard InChI is InChI=1S/C8H6N2O2S2/c9-6(11)4-2-13-8-3(4)1-5(14-8)7(10)12/h1-2H,(H2,9,11)(H2,10,12). The van der Waals surface area contributed by atoms with Crippen molar-refractivity contribution >= 4 is 43.9 Å². The maximum Gasteiger partial charge on any atom is 0.258 e. The summed E-state index contributed by atoms with van der Waals surface area (Å²) in [6.07, 6.45) is 0. The molecule has 72 valence electrons. The lowest BCUT2D eigenvalue weighted by atomic mass is 10.2. The molecule has 0 spiro atoms. The van der Waals surface area contributed by atoms with Gasteiger partial charge in [0.15, 0.2) is 0 Å². The molecule has 0 aromatic carbocycles. The van der Waals surface area contributed by atoms with Crippen molar-refractivity contribution in [3.8, 4) is 0 Å². The minimum Gasteiger partial charge on any atom is -0.366 e. The second kappa shape index (κ2) is 3.07. The number of primary amides is 2. The first-order valence-corrected chi connectivity index (χ1v) is 5.40. The van der Waals surface area contributed by atoms with Gasteiger partial charge in [-0.1, -0.05) is 0 Å². The van der Waals surface area contributed by atoms with Gasteiger partial charge in [0.1, 0.15) is 0 Å². The number of nitrogens with two attached hydrogens (primary N) is 2. The Balaban J connectivity index is 2.67. The summed E-state index contributed by atoms with van der Waals surface area (Å²) in [5.41, 5.74) is 10.7. The summed E-state index contributed by atoms with van der Waals surface area (Å²) in [6.45, 7) is 0. The van der Waals surface area contributed by atoms with E-state index in [-0.39, 0.29) is 0 Å². The van der Waals surface area contributed by atoms with E-state index in [9.17, 15) is 9.59 Å². The summed E-state index contributed by atoms with van der Waals surface area (Å²) in [4.78, 5) is 22.3. The van der Waals surface area contributed by atoms with Gasteiger partial charge in [0, 0.05) is 10.8 Å². The van der Waals surface area contributed by atoms with Crippen LogP contribution in [0.3, 0.4) is 0 Å². The molecule has 0 atom stereocenters. The molecule has 4 N–H and O–H groups in total. The van der Waals surface area contributed by atoms with Gasteiger partial charge >= 0.3 is 0 Å². The third-order valence-electron chi connectivity index (χ3n) is 1.78. The van der Waals surface area contributed by atoms with Crippen molar-refractivity contribution in [3.05, 3.63) is 21.9 Å². The smallest absolute Gasteiger partial charge is 0.258 e. The maximum absolute atomic E-state index is 11.0. The first kappa shape index (κ1) is 9.17. The largest absolute Gasteiger partial charge is 0.366 e. The van der Waals surface area contributed by atoms with Crippen LogP contribution in [-0.2, 0) is 0 Å². The quantitative estimate of drug-likeness (QED) is 0.805. The van der Waals surface area contributed by atoms with Crippen molar-refractivity contribution in [2.24, 2.45) is 11.5 Å². The molecule has 2 heterocycles. The van der Waals surface area contributed by atoms with Crippen molar-refractivity contribution < 1.29 is 9.59 Å². The predicted octanol–water partition coefficient (Wildman–Crippen LogP) is 1.16. The van der Waals surface area contributed by atoms with Crippen molar-refractivity contribution in [2.75, 3.05) is 0 Å². The summed E-state index contributed by atoms with van der Waals surface area (Å²) in [5.74, 6) is -0.959. The lowest BCUT2D eigenvalue weighted by Gasteiger charge is -1.87. The topological polar surface area (TPSA) is 86.2 Å². The Morgan fingerprint density at radius 3 is 2.50 bits per heavy atom. The summed E-state index contributed by atoms with van der Waals surface area (Å²) >= 11 is 2.67. The van der Waals surface area contributed by atoms with Crippen LogP contribution in [0, 0.1) is 0 Å². The second-order valence-corrected chi connectivity index (χ2v) is 4.88. The fourth-order valence-electron chi connectivity index (χ4n) is 1.14. The molecule has 0 fully saturated rings. The summed E-state index contributed by atoms with van der Waals surface area (Å²) in [7, 11) is 0. The van der Waals surface area contributed by atoms with Gasteiger partial charge in [-0.3, -0.25) is 9.59 Å². The van der Waals surface area contributed by atoms with Gasteiger partial charge in [0.05, 0.1) is 14.5 Å². The number of rotatable bonds is 2. The van der Waals surface area contributed by atoms with E-state index in [1.807, 2.05) is 0 Å². The van der Waals surface area contributed by atoms with E-state index in [0.717, 1.165) is 9.40 Å². The molecule has 4 nitrogen and oxygen atoms in total. The molecular weight excluding hydrogens is 220 g/mol. The van der Waals surface area contributed by atoms with Crippen molar-refractivity contribution in [1.82, 2.24) is 0 Å². The zero-order chi connectivity index (χ0) is 10.3. The van der Waals surface area contributed by atoms with Gasteiger partial charge in [-0.2, -0.15) is 0 Å². The molecule has 0 bridgehead atoms. The minimum absolute atomic E-state index is 0.453. The molecular formula is C8H6N2O2S2. The van der Waals surface area contributed by atoms with Crippen LogP contribution in [0.15, 0.2) is 11.4 Å². The van der Waals surface area contributed by atoms with Gasteiger partial charge in [-0.05, 0) is 6.07 Å². The van der Waals surface area contributed by atoms with E-state index in [4.69, 9.17) is 11.5 Å². The Bertz CT molecular complexity index is 526. The van der Waals surface area contributed by atoms with Crippen LogP contribution in [0.25, 0.3) is 9.40 Å². The molecule has 14 heavy (non-hydrogen) atoms. The Labute approximate surface area is 87.1 Å². The first-order valence-electron chi connectivity index (χ1n) is 3.70. The van der Waals surface area contributed by atoms with Crippen LogP contribution in [-0.4, -0.2) is 11.8 Å². The van der Waals surface area contributed by atoms with Gasteiger partial charge in [-0.25, -0.2) is 0 Å². The number of carbonyl (C=O) groups is 2.